The number of hydrogen-bond acceptors (Lipinski definition) is 3. The predicted octanol–water partition coefficient (Wildman–Crippen LogP) is 4.31. The Balaban J connectivity index is 2.36. The van der Waals surface area contributed by atoms with Crippen molar-refractivity contribution in [1.82, 2.24) is 0 Å². The zero-order valence-electron chi connectivity index (χ0n) is 9.72. The molecule has 0 aromatic heterocycles. The molecule has 2 aromatic carbocycles. The smallest absolute Gasteiger partial charge is 0.151 e. The Morgan fingerprint density at radius 3 is 2.67 bits per heavy atom. The van der Waals surface area contributed by atoms with Crippen LogP contribution in [0, 0.1) is 0 Å². The molecule has 0 aliphatic heterocycles. The molecule has 0 unspecified atom stereocenters. The molecule has 2 aromatic rings. The zero-order valence-corrected chi connectivity index (χ0v) is 11.3. The monoisotopic (exact) mass is 278 g/mol. The lowest BCUT2D eigenvalue weighted by molar-refractivity contribution is 0.112. The average molecular weight is 279 g/mol. The van der Waals surface area contributed by atoms with Gasteiger partial charge in [0.15, 0.2) is 6.29 Å². The van der Waals surface area contributed by atoms with Crippen molar-refractivity contribution in [3.8, 4) is 5.75 Å². The van der Waals surface area contributed by atoms with Crippen LogP contribution < -0.4 is 4.74 Å². The van der Waals surface area contributed by atoms with E-state index in [-0.39, 0.29) is 0 Å². The van der Waals surface area contributed by atoms with E-state index >= 15 is 0 Å². The van der Waals surface area contributed by atoms with Crippen molar-refractivity contribution < 1.29 is 9.53 Å². The third kappa shape index (κ3) is 2.86. The number of aldehydes is 1. The van der Waals surface area contributed by atoms with Gasteiger partial charge in [0, 0.05) is 15.5 Å². The lowest BCUT2D eigenvalue weighted by Gasteiger charge is -2.09. The number of halogens is 1. The minimum absolute atomic E-state index is 0.557. The highest BCUT2D eigenvalue weighted by Gasteiger charge is 2.08. The van der Waals surface area contributed by atoms with Gasteiger partial charge in [-0.25, -0.2) is 0 Å². The van der Waals surface area contributed by atoms with Gasteiger partial charge in [0.2, 0.25) is 0 Å². The summed E-state index contributed by atoms with van der Waals surface area (Å²) in [7, 11) is 1.63. The van der Waals surface area contributed by atoms with E-state index in [2.05, 4.69) is 0 Å². The Bertz CT molecular complexity index is 569. The highest BCUT2D eigenvalue weighted by atomic mass is 35.5. The summed E-state index contributed by atoms with van der Waals surface area (Å²) in [5.41, 5.74) is 0.582. The number of ether oxygens (including phenoxy) is 1. The Hall–Kier alpha value is -1.45. The first-order chi connectivity index (χ1) is 8.74. The van der Waals surface area contributed by atoms with Crippen LogP contribution in [-0.4, -0.2) is 13.4 Å². The van der Waals surface area contributed by atoms with Gasteiger partial charge in [-0.05, 0) is 30.3 Å². The molecule has 0 bridgehead atoms. The minimum Gasteiger partial charge on any atom is -0.496 e. The lowest BCUT2D eigenvalue weighted by Crippen LogP contribution is -1.88. The van der Waals surface area contributed by atoms with Gasteiger partial charge in [0.05, 0.1) is 12.0 Å². The lowest BCUT2D eigenvalue weighted by atomic mass is 10.2. The highest BCUT2D eigenvalue weighted by molar-refractivity contribution is 7.99. The molecule has 0 amide bonds. The summed E-state index contributed by atoms with van der Waals surface area (Å²) >= 11 is 7.35. The topological polar surface area (TPSA) is 26.3 Å². The maximum atomic E-state index is 11.0. The molecule has 0 radical (unpaired) electrons. The molecule has 2 rings (SSSR count). The first kappa shape index (κ1) is 13.0. The van der Waals surface area contributed by atoms with Crippen molar-refractivity contribution >= 4 is 29.6 Å². The van der Waals surface area contributed by atoms with E-state index in [0.29, 0.717) is 10.6 Å². The van der Waals surface area contributed by atoms with Gasteiger partial charge in [0.1, 0.15) is 5.75 Å². The van der Waals surface area contributed by atoms with Crippen molar-refractivity contribution in [2.75, 3.05) is 7.11 Å². The fourth-order valence-corrected chi connectivity index (χ4v) is 2.70. The Morgan fingerprint density at radius 2 is 1.94 bits per heavy atom. The van der Waals surface area contributed by atoms with Crippen LogP contribution in [0.4, 0.5) is 0 Å². The first-order valence-corrected chi connectivity index (χ1v) is 6.49. The molecule has 0 saturated heterocycles. The molecule has 0 fully saturated rings. The quantitative estimate of drug-likeness (QED) is 0.780. The largest absolute Gasteiger partial charge is 0.496 e. The van der Waals surface area contributed by atoms with Crippen LogP contribution in [0.25, 0.3) is 0 Å². The van der Waals surface area contributed by atoms with E-state index in [1.54, 1.807) is 19.2 Å². The molecule has 92 valence electrons. The Morgan fingerprint density at radius 1 is 1.17 bits per heavy atom. The fraction of sp³-hybridized carbons (Fsp3) is 0.0714. The summed E-state index contributed by atoms with van der Waals surface area (Å²) in [5, 5.41) is 0.557. The summed E-state index contributed by atoms with van der Waals surface area (Å²) in [4.78, 5) is 12.8. The van der Waals surface area contributed by atoms with Crippen LogP contribution in [0.15, 0.2) is 52.3 Å². The fourth-order valence-electron chi connectivity index (χ4n) is 1.53. The second-order valence-corrected chi connectivity index (χ2v) is 5.07. The van der Waals surface area contributed by atoms with E-state index in [0.717, 1.165) is 21.8 Å². The van der Waals surface area contributed by atoms with E-state index in [9.17, 15) is 4.79 Å². The first-order valence-electron chi connectivity index (χ1n) is 5.30. The SMILES string of the molecule is COc1ccccc1Sc1ccc(Cl)cc1C=O. The summed E-state index contributed by atoms with van der Waals surface area (Å²) in [5.74, 6) is 0.786. The van der Waals surface area contributed by atoms with Crippen LogP contribution in [0.1, 0.15) is 10.4 Å². The molecule has 0 heterocycles. The van der Waals surface area contributed by atoms with Crippen LogP contribution in [0.3, 0.4) is 0 Å². The van der Waals surface area contributed by atoms with E-state index < -0.39 is 0 Å². The molecule has 0 saturated carbocycles. The number of hydrogen-bond donors (Lipinski definition) is 0. The Kier molecular flexibility index (Phi) is 4.28. The summed E-state index contributed by atoms with van der Waals surface area (Å²) in [6, 6.07) is 12.9. The molecule has 0 aliphatic carbocycles. The van der Waals surface area contributed by atoms with E-state index in [1.807, 2.05) is 30.3 Å². The molecule has 4 heteroatoms. The number of carbonyl (C=O) groups excluding carboxylic acids is 1. The van der Waals surface area contributed by atoms with Gasteiger partial charge >= 0.3 is 0 Å². The standard InChI is InChI=1S/C14H11ClO2S/c1-17-12-4-2-3-5-14(12)18-13-7-6-11(15)8-10(13)9-16/h2-9H,1H3. The number of rotatable bonds is 4. The van der Waals surface area contributed by atoms with Crippen molar-refractivity contribution in [3.63, 3.8) is 0 Å². The van der Waals surface area contributed by atoms with Crippen LogP contribution in [0.5, 0.6) is 5.75 Å². The number of methoxy groups -OCH3 is 1. The molecular formula is C14H11ClO2S. The van der Waals surface area contributed by atoms with Gasteiger partial charge in [-0.2, -0.15) is 0 Å². The molecule has 0 aliphatic rings. The van der Waals surface area contributed by atoms with Gasteiger partial charge in [-0.15, -0.1) is 0 Å². The molecule has 0 N–H and O–H groups in total. The summed E-state index contributed by atoms with van der Waals surface area (Å²) < 4.78 is 5.28. The van der Waals surface area contributed by atoms with Crippen molar-refractivity contribution in [1.29, 1.82) is 0 Å². The molecule has 0 spiro atoms. The maximum absolute atomic E-state index is 11.0. The van der Waals surface area contributed by atoms with Crippen LogP contribution in [-0.2, 0) is 0 Å². The highest BCUT2D eigenvalue weighted by Crippen LogP contribution is 2.36. The summed E-state index contributed by atoms with van der Waals surface area (Å²) in [6.07, 6.45) is 0.809. The molecular weight excluding hydrogens is 268 g/mol. The van der Waals surface area contributed by atoms with Crippen LogP contribution in [0.2, 0.25) is 5.02 Å². The van der Waals surface area contributed by atoms with E-state index in [4.69, 9.17) is 16.3 Å². The van der Waals surface area contributed by atoms with Crippen molar-refractivity contribution in [2.24, 2.45) is 0 Å². The Labute approximate surface area is 115 Å². The minimum atomic E-state index is 0.557. The predicted molar refractivity (Wildman–Crippen MR) is 74.0 cm³/mol. The van der Waals surface area contributed by atoms with Gasteiger partial charge < -0.3 is 4.74 Å². The number of carbonyl (C=O) groups is 1. The summed E-state index contributed by atoms with van der Waals surface area (Å²) in [6.45, 7) is 0. The van der Waals surface area contributed by atoms with Gasteiger partial charge in [-0.3, -0.25) is 4.79 Å². The zero-order chi connectivity index (χ0) is 13.0. The molecule has 2 nitrogen and oxygen atoms in total. The van der Waals surface area contributed by atoms with Gasteiger partial charge in [-0.1, -0.05) is 35.5 Å². The van der Waals surface area contributed by atoms with E-state index in [1.165, 1.54) is 11.8 Å². The van der Waals surface area contributed by atoms with Gasteiger partial charge in [0.25, 0.3) is 0 Å². The molecule has 18 heavy (non-hydrogen) atoms. The van der Waals surface area contributed by atoms with Crippen molar-refractivity contribution in [3.05, 3.63) is 53.1 Å². The van der Waals surface area contributed by atoms with Crippen molar-refractivity contribution in [2.45, 2.75) is 9.79 Å². The molecule has 0 atom stereocenters. The second kappa shape index (κ2) is 5.94. The maximum Gasteiger partial charge on any atom is 0.151 e. The number of benzene rings is 2. The average Bonchev–Trinajstić information content (AvgIpc) is 2.41. The van der Waals surface area contributed by atoms with Crippen LogP contribution >= 0.6 is 23.4 Å². The second-order valence-electron chi connectivity index (χ2n) is 3.55. The third-order valence-electron chi connectivity index (χ3n) is 2.39. The normalized spacial score (nSPS) is 10.1. The third-order valence-corrected chi connectivity index (χ3v) is 3.77. The number of para-hydroxylation sites is 1.